The van der Waals surface area contributed by atoms with Gasteiger partial charge < -0.3 is 4.90 Å². The van der Waals surface area contributed by atoms with Crippen molar-refractivity contribution in [1.82, 2.24) is 9.88 Å². The summed E-state index contributed by atoms with van der Waals surface area (Å²) in [5, 5.41) is 1.14. The molecule has 2 aromatic rings. The van der Waals surface area contributed by atoms with Crippen LogP contribution in [0.2, 0.25) is 0 Å². The molecule has 1 unspecified atom stereocenters. The molecular formula is C21H26N2OS. The molecule has 132 valence electrons. The number of piperidine rings is 1. The molecule has 1 atom stereocenters. The minimum atomic E-state index is 0.179. The van der Waals surface area contributed by atoms with Crippen molar-refractivity contribution in [3.8, 4) is 0 Å². The van der Waals surface area contributed by atoms with Crippen molar-refractivity contribution in [3.63, 3.8) is 0 Å². The third-order valence-electron chi connectivity index (χ3n) is 5.69. The van der Waals surface area contributed by atoms with Gasteiger partial charge in [-0.15, -0.1) is 11.3 Å². The van der Waals surface area contributed by atoms with Crippen LogP contribution < -0.4 is 0 Å². The van der Waals surface area contributed by atoms with E-state index in [0.29, 0.717) is 11.8 Å². The molecule has 0 radical (unpaired) electrons. The van der Waals surface area contributed by atoms with Gasteiger partial charge in [0, 0.05) is 23.9 Å². The second kappa shape index (κ2) is 7.28. The van der Waals surface area contributed by atoms with Crippen LogP contribution in [0.5, 0.6) is 0 Å². The van der Waals surface area contributed by atoms with Crippen LogP contribution in [0.4, 0.5) is 0 Å². The van der Waals surface area contributed by atoms with E-state index >= 15 is 0 Å². The number of fused-ring (bicyclic) bond motifs is 1. The number of amides is 1. The van der Waals surface area contributed by atoms with Crippen molar-refractivity contribution in [2.75, 3.05) is 13.1 Å². The number of hydrogen-bond acceptors (Lipinski definition) is 3. The van der Waals surface area contributed by atoms with Crippen LogP contribution in [0, 0.1) is 18.8 Å². The van der Waals surface area contributed by atoms with Gasteiger partial charge in [0.25, 0.3) is 0 Å². The fourth-order valence-corrected chi connectivity index (χ4v) is 5.34. The Balaban J connectivity index is 1.31. The Morgan fingerprint density at radius 2 is 1.96 bits per heavy atom. The molecule has 1 saturated heterocycles. The van der Waals surface area contributed by atoms with Gasteiger partial charge in [-0.3, -0.25) is 4.79 Å². The standard InChI is InChI=1S/C21H26N2OS/c1-15-22-19-8-7-18(14-20(19)25-15)21(24)23-11-9-17(10-12-23)13-16-5-3-2-4-6-16/h2-6,17-18H,7-14H2,1H3. The van der Waals surface area contributed by atoms with Gasteiger partial charge in [-0.2, -0.15) is 0 Å². The second-order valence-electron chi connectivity index (χ2n) is 7.50. The predicted molar refractivity (Wildman–Crippen MR) is 102 cm³/mol. The van der Waals surface area contributed by atoms with Crippen LogP contribution in [0.1, 0.15) is 40.4 Å². The van der Waals surface area contributed by atoms with Crippen molar-refractivity contribution < 1.29 is 4.79 Å². The molecule has 1 aromatic carbocycles. The fourth-order valence-electron chi connectivity index (χ4n) is 4.28. The summed E-state index contributed by atoms with van der Waals surface area (Å²) in [7, 11) is 0. The highest BCUT2D eigenvalue weighted by molar-refractivity contribution is 7.11. The number of aryl methyl sites for hydroxylation is 2. The maximum atomic E-state index is 12.9. The monoisotopic (exact) mass is 354 g/mol. The van der Waals surface area contributed by atoms with Crippen LogP contribution in [0.25, 0.3) is 0 Å². The van der Waals surface area contributed by atoms with Crippen LogP contribution in [-0.2, 0) is 24.1 Å². The summed E-state index contributed by atoms with van der Waals surface area (Å²) in [6, 6.07) is 10.7. The molecule has 0 bridgehead atoms. The Morgan fingerprint density at radius 3 is 2.72 bits per heavy atom. The first kappa shape index (κ1) is 16.8. The molecule has 1 amide bonds. The van der Waals surface area contributed by atoms with Gasteiger partial charge in [-0.25, -0.2) is 4.98 Å². The van der Waals surface area contributed by atoms with E-state index in [9.17, 15) is 4.79 Å². The minimum Gasteiger partial charge on any atom is -0.342 e. The number of carbonyl (C=O) groups excluding carboxylic acids is 1. The molecule has 1 aromatic heterocycles. The number of carbonyl (C=O) groups is 1. The number of aromatic nitrogens is 1. The summed E-state index contributed by atoms with van der Waals surface area (Å²) >= 11 is 1.78. The van der Waals surface area contributed by atoms with E-state index in [-0.39, 0.29) is 5.92 Å². The largest absolute Gasteiger partial charge is 0.342 e. The van der Waals surface area contributed by atoms with E-state index in [1.54, 1.807) is 11.3 Å². The van der Waals surface area contributed by atoms with Gasteiger partial charge in [-0.1, -0.05) is 30.3 Å². The Labute approximate surface area is 154 Å². The summed E-state index contributed by atoms with van der Waals surface area (Å²) in [6.07, 6.45) is 6.27. The molecule has 2 heterocycles. The Hall–Kier alpha value is -1.68. The number of benzene rings is 1. The van der Waals surface area contributed by atoms with Crippen LogP contribution in [0.15, 0.2) is 30.3 Å². The number of nitrogens with zero attached hydrogens (tertiary/aromatic N) is 2. The maximum Gasteiger partial charge on any atom is 0.226 e. The molecule has 1 aliphatic heterocycles. The zero-order valence-electron chi connectivity index (χ0n) is 14.9. The second-order valence-corrected chi connectivity index (χ2v) is 8.79. The lowest BCUT2D eigenvalue weighted by Crippen LogP contribution is -2.43. The highest BCUT2D eigenvalue weighted by Crippen LogP contribution is 2.32. The van der Waals surface area contributed by atoms with Crippen LogP contribution >= 0.6 is 11.3 Å². The topological polar surface area (TPSA) is 33.2 Å². The first-order valence-corrected chi connectivity index (χ1v) is 10.3. The quantitative estimate of drug-likeness (QED) is 0.833. The van der Waals surface area contributed by atoms with Crippen molar-refractivity contribution in [1.29, 1.82) is 0 Å². The zero-order valence-corrected chi connectivity index (χ0v) is 15.7. The molecule has 1 aliphatic carbocycles. The fraction of sp³-hybridized carbons (Fsp3) is 0.524. The maximum absolute atomic E-state index is 12.9. The SMILES string of the molecule is Cc1nc2c(s1)CC(C(=O)N1CCC(Cc3ccccc3)CC1)CC2. The average molecular weight is 355 g/mol. The lowest BCUT2D eigenvalue weighted by molar-refractivity contribution is -0.137. The highest BCUT2D eigenvalue weighted by atomic mass is 32.1. The van der Waals surface area contributed by atoms with Crippen LogP contribution in [0.3, 0.4) is 0 Å². The summed E-state index contributed by atoms with van der Waals surface area (Å²) in [5.74, 6) is 1.28. The number of rotatable bonds is 3. The third-order valence-corrected chi connectivity index (χ3v) is 6.72. The van der Waals surface area contributed by atoms with Crippen molar-refractivity contribution >= 4 is 17.2 Å². The number of hydrogen-bond donors (Lipinski definition) is 0. The molecule has 4 heteroatoms. The molecule has 1 fully saturated rings. The van der Waals surface area contributed by atoms with Crippen LogP contribution in [-0.4, -0.2) is 28.9 Å². The van der Waals surface area contributed by atoms with E-state index in [4.69, 9.17) is 0 Å². The molecule has 25 heavy (non-hydrogen) atoms. The first-order valence-electron chi connectivity index (χ1n) is 9.47. The van der Waals surface area contributed by atoms with Gasteiger partial charge in [0.2, 0.25) is 5.91 Å². The minimum absolute atomic E-state index is 0.179. The smallest absolute Gasteiger partial charge is 0.226 e. The molecule has 0 spiro atoms. The summed E-state index contributed by atoms with van der Waals surface area (Å²) in [6.45, 7) is 3.93. The van der Waals surface area contributed by atoms with E-state index in [1.807, 2.05) is 0 Å². The molecule has 3 nitrogen and oxygen atoms in total. The molecule has 0 saturated carbocycles. The number of thiazole rings is 1. The summed E-state index contributed by atoms with van der Waals surface area (Å²) < 4.78 is 0. The molecule has 0 N–H and O–H groups in total. The molecular weight excluding hydrogens is 328 g/mol. The van der Waals surface area contributed by atoms with Gasteiger partial charge in [-0.05, 0) is 56.9 Å². The normalized spacial score (nSPS) is 21.2. The highest BCUT2D eigenvalue weighted by Gasteiger charge is 2.32. The van der Waals surface area contributed by atoms with E-state index in [0.717, 1.165) is 56.6 Å². The Bertz CT molecular complexity index is 732. The average Bonchev–Trinajstić information content (AvgIpc) is 3.02. The summed E-state index contributed by atoms with van der Waals surface area (Å²) in [5.41, 5.74) is 2.67. The Kier molecular flexibility index (Phi) is 4.89. The molecule has 4 rings (SSSR count). The van der Waals surface area contributed by atoms with E-state index < -0.39 is 0 Å². The predicted octanol–water partition coefficient (Wildman–Crippen LogP) is 4.04. The van der Waals surface area contributed by atoms with Gasteiger partial charge in [0.1, 0.15) is 0 Å². The van der Waals surface area contributed by atoms with Gasteiger partial charge >= 0.3 is 0 Å². The number of likely N-dealkylation sites (tertiary alicyclic amines) is 1. The zero-order chi connectivity index (χ0) is 17.2. The third kappa shape index (κ3) is 3.79. The van der Waals surface area contributed by atoms with E-state index in [2.05, 4.69) is 47.1 Å². The van der Waals surface area contributed by atoms with Gasteiger partial charge in [0.15, 0.2) is 0 Å². The van der Waals surface area contributed by atoms with Gasteiger partial charge in [0.05, 0.1) is 10.7 Å². The van der Waals surface area contributed by atoms with E-state index in [1.165, 1.54) is 16.1 Å². The van der Waals surface area contributed by atoms with Crippen molar-refractivity contribution in [3.05, 3.63) is 51.5 Å². The lowest BCUT2D eigenvalue weighted by atomic mass is 9.87. The van der Waals surface area contributed by atoms with Crippen molar-refractivity contribution in [2.45, 2.75) is 45.4 Å². The summed E-state index contributed by atoms with van der Waals surface area (Å²) in [4.78, 5) is 21.0. The first-order chi connectivity index (χ1) is 12.2. The molecule has 2 aliphatic rings. The van der Waals surface area contributed by atoms with Crippen molar-refractivity contribution in [2.24, 2.45) is 11.8 Å². The lowest BCUT2D eigenvalue weighted by Gasteiger charge is -2.35. The Morgan fingerprint density at radius 1 is 1.20 bits per heavy atom.